The van der Waals surface area contributed by atoms with Gasteiger partial charge in [0, 0.05) is 12.2 Å². The van der Waals surface area contributed by atoms with Gasteiger partial charge in [0.25, 0.3) is 11.5 Å². The van der Waals surface area contributed by atoms with Crippen molar-refractivity contribution in [2.24, 2.45) is 0 Å². The van der Waals surface area contributed by atoms with Gasteiger partial charge in [-0.2, -0.15) is 0 Å². The zero-order valence-corrected chi connectivity index (χ0v) is 19.6. The van der Waals surface area contributed by atoms with Gasteiger partial charge in [-0.15, -0.1) is 0 Å². The number of benzene rings is 1. The maximum atomic E-state index is 13.5. The van der Waals surface area contributed by atoms with Crippen LogP contribution in [0.4, 0.5) is 0 Å². The van der Waals surface area contributed by atoms with Crippen LogP contribution in [-0.4, -0.2) is 25.9 Å². The molecule has 0 unspecified atom stereocenters. The topological polar surface area (TPSA) is 92.2 Å². The number of pyridine rings is 2. The Balaban J connectivity index is 1.70. The molecule has 1 amide bonds. The van der Waals surface area contributed by atoms with E-state index in [9.17, 15) is 9.59 Å². The number of fused-ring (bicyclic) bond motifs is 2. The Hall–Kier alpha value is -3.74. The summed E-state index contributed by atoms with van der Waals surface area (Å²) in [5.41, 5.74) is 4.00. The number of rotatable bonds is 4. The van der Waals surface area contributed by atoms with E-state index in [1.807, 2.05) is 44.2 Å². The lowest BCUT2D eigenvalue weighted by Gasteiger charge is -2.23. The number of nitrogens with one attached hydrogen (secondary N) is 2. The highest BCUT2D eigenvalue weighted by Crippen LogP contribution is 2.18. The highest BCUT2D eigenvalue weighted by Gasteiger charge is 2.21. The lowest BCUT2D eigenvalue weighted by Crippen LogP contribution is -2.40. The predicted octanol–water partition coefficient (Wildman–Crippen LogP) is 3.86. The molecular weight excluding hydrogens is 426 g/mol. The summed E-state index contributed by atoms with van der Waals surface area (Å²) in [5, 5.41) is 12.4. The number of hydrogen-bond donors (Lipinski definition) is 2. The molecule has 0 radical (unpaired) electrons. The quantitative estimate of drug-likeness (QED) is 0.458. The zero-order valence-electron chi connectivity index (χ0n) is 19.6. The van der Waals surface area contributed by atoms with Gasteiger partial charge in [0.1, 0.15) is 16.8 Å². The van der Waals surface area contributed by atoms with Gasteiger partial charge in [0.15, 0.2) is 0 Å². The minimum atomic E-state index is -0.301. The number of carbonyl (C=O) groups is 1. The number of nitrogens with zero attached hydrogens (tertiary/aromatic N) is 3. The van der Waals surface area contributed by atoms with Crippen molar-refractivity contribution in [1.29, 1.82) is 5.41 Å². The van der Waals surface area contributed by atoms with Crippen molar-refractivity contribution >= 4 is 22.6 Å². The summed E-state index contributed by atoms with van der Waals surface area (Å²) in [6.07, 6.45) is 7.04. The highest BCUT2D eigenvalue weighted by atomic mass is 16.2. The summed E-state index contributed by atoms with van der Waals surface area (Å²) in [4.78, 5) is 31.5. The summed E-state index contributed by atoms with van der Waals surface area (Å²) in [6, 6.07) is 13.4. The Kier molecular flexibility index (Phi) is 5.77. The van der Waals surface area contributed by atoms with E-state index in [1.54, 1.807) is 22.9 Å². The second-order valence-electron chi connectivity index (χ2n) is 9.38. The molecule has 7 nitrogen and oxygen atoms in total. The van der Waals surface area contributed by atoms with Crippen LogP contribution in [0.5, 0.6) is 0 Å². The molecule has 34 heavy (non-hydrogen) atoms. The molecule has 1 saturated carbocycles. The highest BCUT2D eigenvalue weighted by molar-refractivity contribution is 5.97. The van der Waals surface area contributed by atoms with E-state index in [1.165, 1.54) is 10.8 Å². The average molecular weight is 456 g/mol. The van der Waals surface area contributed by atoms with E-state index in [0.717, 1.165) is 42.4 Å². The van der Waals surface area contributed by atoms with Crippen LogP contribution < -0.4 is 16.4 Å². The molecule has 1 aliphatic carbocycles. The van der Waals surface area contributed by atoms with Gasteiger partial charge in [-0.1, -0.05) is 55.2 Å². The van der Waals surface area contributed by atoms with Gasteiger partial charge in [0.2, 0.25) is 0 Å². The molecule has 0 bridgehead atoms. The molecule has 3 heterocycles. The number of amides is 1. The van der Waals surface area contributed by atoms with Crippen LogP contribution >= 0.6 is 0 Å². The Morgan fingerprint density at radius 3 is 2.50 bits per heavy atom. The Morgan fingerprint density at radius 2 is 1.76 bits per heavy atom. The third-order valence-electron chi connectivity index (χ3n) is 6.70. The van der Waals surface area contributed by atoms with Crippen molar-refractivity contribution in [2.45, 2.75) is 58.5 Å². The minimum absolute atomic E-state index is 0.0600. The van der Waals surface area contributed by atoms with Crippen LogP contribution in [0, 0.1) is 19.3 Å². The Labute approximate surface area is 197 Å². The van der Waals surface area contributed by atoms with Crippen LogP contribution in [-0.2, 0) is 6.54 Å². The predicted molar refractivity (Wildman–Crippen MR) is 132 cm³/mol. The van der Waals surface area contributed by atoms with Crippen LogP contribution in [0.3, 0.4) is 0 Å². The molecule has 3 aromatic heterocycles. The van der Waals surface area contributed by atoms with E-state index < -0.39 is 0 Å². The zero-order chi connectivity index (χ0) is 23.8. The molecule has 1 aromatic carbocycles. The van der Waals surface area contributed by atoms with Crippen molar-refractivity contribution in [3.05, 3.63) is 86.8 Å². The summed E-state index contributed by atoms with van der Waals surface area (Å²) in [7, 11) is 0. The summed E-state index contributed by atoms with van der Waals surface area (Å²) < 4.78 is 3.19. The van der Waals surface area contributed by atoms with E-state index in [2.05, 4.69) is 5.32 Å². The number of aryl methyl sites for hydroxylation is 2. The number of carbonyl (C=O) groups excluding carboxylic acids is 1. The second-order valence-corrected chi connectivity index (χ2v) is 9.38. The molecule has 2 N–H and O–H groups in total. The van der Waals surface area contributed by atoms with Crippen molar-refractivity contribution in [3.8, 4) is 0 Å². The minimum Gasteiger partial charge on any atom is -0.349 e. The number of hydrogen-bond acceptors (Lipinski definition) is 4. The molecule has 7 heteroatoms. The molecular formula is C27H29N5O2. The first-order valence-corrected chi connectivity index (χ1v) is 11.9. The lowest BCUT2D eigenvalue weighted by molar-refractivity contribution is 0.0925. The van der Waals surface area contributed by atoms with Gasteiger partial charge in [-0.05, 0) is 49.9 Å². The van der Waals surface area contributed by atoms with E-state index in [0.29, 0.717) is 23.2 Å². The molecule has 174 valence electrons. The van der Waals surface area contributed by atoms with Gasteiger partial charge < -0.3 is 9.88 Å². The van der Waals surface area contributed by atoms with Gasteiger partial charge >= 0.3 is 0 Å². The fraction of sp³-hybridized carbons (Fsp3) is 0.333. The Bertz CT molecular complexity index is 1510. The second kappa shape index (κ2) is 8.89. The average Bonchev–Trinajstić information content (AvgIpc) is 2.83. The fourth-order valence-electron chi connectivity index (χ4n) is 4.76. The van der Waals surface area contributed by atoms with Crippen molar-refractivity contribution in [2.75, 3.05) is 0 Å². The van der Waals surface area contributed by atoms with Crippen molar-refractivity contribution < 1.29 is 4.79 Å². The van der Waals surface area contributed by atoms with Crippen molar-refractivity contribution in [3.63, 3.8) is 0 Å². The van der Waals surface area contributed by atoms with E-state index in [-0.39, 0.29) is 28.6 Å². The maximum Gasteiger partial charge on any atom is 0.267 e. The van der Waals surface area contributed by atoms with Crippen LogP contribution in [0.1, 0.15) is 59.2 Å². The van der Waals surface area contributed by atoms with Crippen LogP contribution in [0.2, 0.25) is 0 Å². The van der Waals surface area contributed by atoms with E-state index in [4.69, 9.17) is 10.4 Å². The Morgan fingerprint density at radius 1 is 1.06 bits per heavy atom. The fourth-order valence-corrected chi connectivity index (χ4v) is 4.76. The van der Waals surface area contributed by atoms with Gasteiger partial charge in [-0.3, -0.25) is 19.4 Å². The first kappa shape index (κ1) is 22.1. The largest absolute Gasteiger partial charge is 0.349 e. The smallest absolute Gasteiger partial charge is 0.267 e. The summed E-state index contributed by atoms with van der Waals surface area (Å²) >= 11 is 0. The first-order chi connectivity index (χ1) is 16.4. The maximum absolute atomic E-state index is 13.5. The van der Waals surface area contributed by atoms with Gasteiger partial charge in [0.05, 0.1) is 17.5 Å². The van der Waals surface area contributed by atoms with E-state index >= 15 is 0 Å². The number of aromatic nitrogens is 3. The molecule has 0 atom stereocenters. The SMILES string of the molecule is Cc1ccc(Cn2c(=N)c(C(=O)NC3CCCCC3)cc3c(=O)n4cc(C)ccc4nc32)cc1. The monoisotopic (exact) mass is 455 g/mol. The summed E-state index contributed by atoms with van der Waals surface area (Å²) in [6.45, 7) is 4.29. The summed E-state index contributed by atoms with van der Waals surface area (Å²) in [5.74, 6) is -0.301. The molecule has 1 aliphatic rings. The lowest BCUT2D eigenvalue weighted by atomic mass is 9.95. The van der Waals surface area contributed by atoms with Crippen LogP contribution in [0.25, 0.3) is 16.7 Å². The molecule has 5 rings (SSSR count). The third-order valence-corrected chi connectivity index (χ3v) is 6.70. The molecule has 1 fully saturated rings. The molecule has 4 aromatic rings. The molecule has 0 saturated heterocycles. The third kappa shape index (κ3) is 4.14. The molecule has 0 spiro atoms. The standard InChI is InChI=1S/C27H29N5O2/c1-17-8-11-19(12-9-17)16-32-24(28)21(26(33)29-20-6-4-3-5-7-20)14-22-25(32)30-23-13-10-18(2)15-31(23)27(22)34/h8-15,20,28H,3-7,16H2,1-2H3,(H,29,33). The van der Waals surface area contributed by atoms with Gasteiger partial charge in [-0.25, -0.2) is 4.98 Å². The van der Waals surface area contributed by atoms with Crippen LogP contribution in [0.15, 0.2) is 53.5 Å². The molecule has 0 aliphatic heterocycles. The first-order valence-electron chi connectivity index (χ1n) is 11.9. The normalized spacial score (nSPS) is 14.5. The van der Waals surface area contributed by atoms with Crippen molar-refractivity contribution in [1.82, 2.24) is 19.3 Å².